The van der Waals surface area contributed by atoms with Crippen LogP contribution in [0.5, 0.6) is 0 Å². The van der Waals surface area contributed by atoms with Crippen molar-refractivity contribution in [2.45, 2.75) is 62.8 Å². The van der Waals surface area contributed by atoms with E-state index in [-0.39, 0.29) is 37.8 Å². The summed E-state index contributed by atoms with van der Waals surface area (Å²) in [5.74, 6) is -0.925. The van der Waals surface area contributed by atoms with Gasteiger partial charge in [-0.05, 0) is 54.9 Å². The Hall–Kier alpha value is -3.94. The number of alkyl halides is 4. The number of alkyl carbamates (subject to hydrolysis) is 1. The maximum absolute atomic E-state index is 13.8. The average molecular weight is 596 g/mol. The van der Waals surface area contributed by atoms with Gasteiger partial charge in [-0.2, -0.15) is 13.2 Å². The van der Waals surface area contributed by atoms with Gasteiger partial charge >= 0.3 is 18.3 Å². The lowest BCUT2D eigenvalue weighted by Gasteiger charge is -2.31. The summed E-state index contributed by atoms with van der Waals surface area (Å²) in [7, 11) is 1.35. The molecule has 2 aliphatic rings. The number of aromatic nitrogens is 1. The Kier molecular flexibility index (Phi) is 10.2. The normalized spacial score (nSPS) is 22.2. The highest BCUT2D eigenvalue weighted by Crippen LogP contribution is 2.32. The van der Waals surface area contributed by atoms with Crippen molar-refractivity contribution in [3.05, 3.63) is 59.8 Å². The number of anilines is 1. The zero-order valence-electron chi connectivity index (χ0n) is 22.9. The monoisotopic (exact) mass is 595 g/mol. The van der Waals surface area contributed by atoms with Gasteiger partial charge in [-0.1, -0.05) is 30.3 Å². The summed E-state index contributed by atoms with van der Waals surface area (Å²) in [6, 6.07) is 7.03. The van der Waals surface area contributed by atoms with E-state index in [4.69, 9.17) is 9.47 Å². The summed E-state index contributed by atoms with van der Waals surface area (Å²) in [5.41, 5.74) is 1.14. The smallest absolute Gasteiger partial charge is 0.410 e. The Morgan fingerprint density at radius 3 is 2.50 bits per heavy atom. The number of methoxy groups -OCH3 is 1. The Morgan fingerprint density at radius 2 is 1.86 bits per heavy atom. The Bertz CT molecular complexity index is 1230. The molecule has 1 saturated heterocycles. The quantitative estimate of drug-likeness (QED) is 0.348. The Balaban J connectivity index is 1.48. The van der Waals surface area contributed by atoms with Gasteiger partial charge in [0.15, 0.2) is 0 Å². The van der Waals surface area contributed by atoms with Gasteiger partial charge in [0.25, 0.3) is 0 Å². The van der Waals surface area contributed by atoms with E-state index < -0.39 is 55.0 Å². The summed E-state index contributed by atoms with van der Waals surface area (Å²) in [5, 5.41) is 7.19. The molecule has 14 heteroatoms. The number of benzene rings is 1. The van der Waals surface area contributed by atoms with Crippen molar-refractivity contribution in [2.24, 2.45) is 5.92 Å². The Morgan fingerprint density at radius 1 is 1.14 bits per heavy atom. The SMILES string of the molecule is COC[C@H](c1ccnc(NC(=O)[C@H](NC(=O)OCc2ccccc2)C2CCC(F)CC2)c1)N1C[C@@H](C(F)(F)F)NC1=O. The largest absolute Gasteiger partial charge is 0.445 e. The van der Waals surface area contributed by atoms with Crippen LogP contribution in [0.15, 0.2) is 48.7 Å². The molecule has 2 fully saturated rings. The van der Waals surface area contributed by atoms with Crippen LogP contribution in [-0.4, -0.2) is 72.6 Å². The molecule has 3 atom stereocenters. The summed E-state index contributed by atoms with van der Waals surface area (Å²) in [6.45, 7) is -0.740. The molecule has 0 bridgehead atoms. The second-order valence-electron chi connectivity index (χ2n) is 10.3. The van der Waals surface area contributed by atoms with Crippen LogP contribution in [0.25, 0.3) is 0 Å². The molecule has 1 saturated carbocycles. The zero-order valence-corrected chi connectivity index (χ0v) is 22.9. The molecule has 10 nitrogen and oxygen atoms in total. The molecular formula is C28H33F4N5O5. The molecule has 4 amide bonds. The molecule has 4 rings (SSSR count). The highest BCUT2D eigenvalue weighted by atomic mass is 19.4. The van der Waals surface area contributed by atoms with Crippen LogP contribution >= 0.6 is 0 Å². The van der Waals surface area contributed by atoms with E-state index in [0.717, 1.165) is 10.5 Å². The number of ether oxygens (including phenoxy) is 2. The molecule has 1 aliphatic carbocycles. The van der Waals surface area contributed by atoms with E-state index in [2.05, 4.69) is 15.6 Å². The van der Waals surface area contributed by atoms with Gasteiger partial charge in [-0.3, -0.25) is 4.79 Å². The zero-order chi connectivity index (χ0) is 30.3. The lowest BCUT2D eigenvalue weighted by Crippen LogP contribution is -2.49. The van der Waals surface area contributed by atoms with Crippen molar-refractivity contribution < 1.29 is 41.4 Å². The first-order chi connectivity index (χ1) is 20.0. The second kappa shape index (κ2) is 13.8. The predicted octanol–water partition coefficient (Wildman–Crippen LogP) is 4.49. The number of urea groups is 1. The van der Waals surface area contributed by atoms with Crippen molar-refractivity contribution in [3.63, 3.8) is 0 Å². The molecule has 1 aliphatic heterocycles. The standard InChI is InChI=1S/C28H33F4N5O5/c1-41-16-21(37-14-22(28(30,31)32)34-26(37)39)19-11-12-33-23(13-19)35-25(38)24(18-7-9-20(29)10-8-18)36-27(40)42-15-17-5-3-2-4-6-17/h2-6,11-13,18,20-22,24H,7-10,14-16H2,1H3,(H,34,39)(H,36,40)(H,33,35,38)/t18?,20?,21-,22+,24-/m1/s1. The lowest BCUT2D eigenvalue weighted by atomic mass is 9.82. The van der Waals surface area contributed by atoms with Crippen LogP contribution in [0.4, 0.5) is 33.0 Å². The maximum atomic E-state index is 13.8. The average Bonchev–Trinajstić information content (AvgIpc) is 3.36. The number of nitrogens with zero attached hydrogens (tertiary/aromatic N) is 2. The van der Waals surface area contributed by atoms with Crippen molar-refractivity contribution >= 4 is 23.8 Å². The van der Waals surface area contributed by atoms with E-state index in [9.17, 15) is 31.9 Å². The first kappa shape index (κ1) is 31.0. The van der Waals surface area contributed by atoms with Crippen molar-refractivity contribution in [1.82, 2.24) is 20.5 Å². The van der Waals surface area contributed by atoms with Crippen molar-refractivity contribution in [2.75, 3.05) is 25.6 Å². The first-order valence-electron chi connectivity index (χ1n) is 13.6. The minimum absolute atomic E-state index is 0.0119. The fraction of sp³-hybridized carbons (Fsp3) is 0.500. The molecule has 0 spiro atoms. The third kappa shape index (κ3) is 8.08. The van der Waals surface area contributed by atoms with E-state index in [1.807, 2.05) is 11.4 Å². The first-order valence-corrected chi connectivity index (χ1v) is 13.6. The van der Waals surface area contributed by atoms with Crippen LogP contribution in [-0.2, 0) is 20.9 Å². The number of hydrogen-bond acceptors (Lipinski definition) is 6. The van der Waals surface area contributed by atoms with E-state index in [1.54, 1.807) is 24.3 Å². The molecule has 42 heavy (non-hydrogen) atoms. The molecule has 2 aromatic rings. The highest BCUT2D eigenvalue weighted by Gasteiger charge is 2.48. The van der Waals surface area contributed by atoms with Gasteiger partial charge < -0.3 is 30.3 Å². The number of carbonyl (C=O) groups excluding carboxylic acids is 3. The molecule has 0 radical (unpaired) electrons. The molecule has 1 aromatic carbocycles. The Labute approximate surface area is 240 Å². The molecular weight excluding hydrogens is 562 g/mol. The fourth-order valence-corrected chi connectivity index (χ4v) is 5.16. The van der Waals surface area contributed by atoms with E-state index in [1.165, 1.54) is 25.4 Å². The summed E-state index contributed by atoms with van der Waals surface area (Å²) in [4.78, 5) is 43.6. The molecule has 228 valence electrons. The topological polar surface area (TPSA) is 122 Å². The van der Waals surface area contributed by atoms with Crippen LogP contribution in [0, 0.1) is 5.92 Å². The van der Waals surface area contributed by atoms with Gasteiger partial charge in [-0.15, -0.1) is 0 Å². The number of pyridine rings is 1. The number of halogens is 4. The van der Waals surface area contributed by atoms with Gasteiger partial charge in [0.1, 0.15) is 30.7 Å². The number of hydrogen-bond donors (Lipinski definition) is 3. The third-order valence-corrected chi connectivity index (χ3v) is 7.40. The number of nitrogens with one attached hydrogen (secondary N) is 3. The minimum atomic E-state index is -4.62. The lowest BCUT2D eigenvalue weighted by molar-refractivity contribution is -0.150. The van der Waals surface area contributed by atoms with E-state index >= 15 is 0 Å². The summed E-state index contributed by atoms with van der Waals surface area (Å²) < 4.78 is 64.1. The van der Waals surface area contributed by atoms with Crippen molar-refractivity contribution in [1.29, 1.82) is 0 Å². The maximum Gasteiger partial charge on any atom is 0.410 e. The minimum Gasteiger partial charge on any atom is -0.445 e. The second-order valence-corrected chi connectivity index (χ2v) is 10.3. The molecule has 3 N–H and O–H groups in total. The predicted molar refractivity (Wildman–Crippen MR) is 143 cm³/mol. The highest BCUT2D eigenvalue weighted by molar-refractivity contribution is 5.96. The third-order valence-electron chi connectivity index (χ3n) is 7.40. The van der Waals surface area contributed by atoms with Gasteiger partial charge in [0.05, 0.1) is 19.2 Å². The van der Waals surface area contributed by atoms with Crippen LogP contribution < -0.4 is 16.0 Å². The number of amides is 4. The summed E-state index contributed by atoms with van der Waals surface area (Å²) in [6.07, 6.45) is -3.85. The molecule has 2 heterocycles. The molecule has 1 aromatic heterocycles. The van der Waals surface area contributed by atoms with Crippen LogP contribution in [0.2, 0.25) is 0 Å². The van der Waals surface area contributed by atoms with E-state index in [0.29, 0.717) is 18.4 Å². The number of carbonyl (C=O) groups is 3. The number of rotatable bonds is 10. The van der Waals surface area contributed by atoms with Crippen molar-refractivity contribution in [3.8, 4) is 0 Å². The van der Waals surface area contributed by atoms with Gasteiger partial charge in [0.2, 0.25) is 5.91 Å². The van der Waals surface area contributed by atoms with Crippen LogP contribution in [0.3, 0.4) is 0 Å². The fourth-order valence-electron chi connectivity index (χ4n) is 5.16. The van der Waals surface area contributed by atoms with Gasteiger partial charge in [-0.25, -0.2) is 19.0 Å². The molecule has 0 unspecified atom stereocenters. The summed E-state index contributed by atoms with van der Waals surface area (Å²) >= 11 is 0. The van der Waals surface area contributed by atoms with Gasteiger partial charge in [0, 0.05) is 13.3 Å². The van der Waals surface area contributed by atoms with Crippen LogP contribution in [0.1, 0.15) is 42.9 Å².